The van der Waals surface area contributed by atoms with Crippen LogP contribution in [0.25, 0.3) is 0 Å². The molecule has 3 nitrogen and oxygen atoms in total. The number of hydrogen-bond acceptors (Lipinski definition) is 3. The Kier molecular flexibility index (Phi) is 5.86. The maximum absolute atomic E-state index is 5.50. The van der Waals surface area contributed by atoms with Crippen molar-refractivity contribution < 1.29 is 4.74 Å². The van der Waals surface area contributed by atoms with E-state index in [2.05, 4.69) is 42.4 Å². The highest BCUT2D eigenvalue weighted by Crippen LogP contribution is 2.30. The number of nitrogens with zero attached hydrogens (tertiary/aromatic N) is 1. The van der Waals surface area contributed by atoms with Crippen LogP contribution in [0.15, 0.2) is 18.2 Å². The van der Waals surface area contributed by atoms with Gasteiger partial charge >= 0.3 is 0 Å². The predicted molar refractivity (Wildman–Crippen MR) is 84.0 cm³/mol. The van der Waals surface area contributed by atoms with E-state index in [9.17, 15) is 0 Å². The summed E-state index contributed by atoms with van der Waals surface area (Å²) >= 11 is 0. The van der Waals surface area contributed by atoms with Crippen molar-refractivity contribution in [1.82, 2.24) is 10.2 Å². The highest BCUT2D eigenvalue weighted by Gasteiger charge is 2.23. The second-order valence-corrected chi connectivity index (χ2v) is 5.96. The lowest BCUT2D eigenvalue weighted by atomic mass is 10.1. The summed E-state index contributed by atoms with van der Waals surface area (Å²) in [5.41, 5.74) is 2.64. The van der Waals surface area contributed by atoms with Crippen molar-refractivity contribution in [1.29, 1.82) is 0 Å². The van der Waals surface area contributed by atoms with Gasteiger partial charge in [0.1, 0.15) is 5.75 Å². The van der Waals surface area contributed by atoms with Gasteiger partial charge in [-0.3, -0.25) is 0 Å². The van der Waals surface area contributed by atoms with Crippen LogP contribution in [0.3, 0.4) is 0 Å². The molecule has 1 aromatic rings. The molecule has 1 aliphatic rings. The number of nitrogens with one attached hydrogen (secondary N) is 1. The first kappa shape index (κ1) is 15.3. The summed E-state index contributed by atoms with van der Waals surface area (Å²) in [6, 6.07) is 6.54. The molecule has 0 atom stereocenters. The van der Waals surface area contributed by atoms with Crippen molar-refractivity contribution >= 4 is 0 Å². The fraction of sp³-hybridized carbons (Fsp3) is 0.647. The number of benzene rings is 1. The average Bonchev–Trinajstić information content (AvgIpc) is 3.23. The second-order valence-electron chi connectivity index (χ2n) is 5.96. The zero-order valence-corrected chi connectivity index (χ0v) is 13.1. The molecular formula is C17H28N2O. The lowest BCUT2D eigenvalue weighted by molar-refractivity contribution is 0.305. The van der Waals surface area contributed by atoms with Crippen LogP contribution >= 0.6 is 0 Å². The SMILES string of the molecule is CCCNCc1ccc(OC)c(CN(C)CC2CC2)c1. The maximum Gasteiger partial charge on any atom is 0.123 e. The molecule has 112 valence electrons. The van der Waals surface area contributed by atoms with E-state index >= 15 is 0 Å². The van der Waals surface area contributed by atoms with Crippen molar-refractivity contribution in [3.05, 3.63) is 29.3 Å². The van der Waals surface area contributed by atoms with Crippen molar-refractivity contribution in [2.75, 3.05) is 27.2 Å². The minimum Gasteiger partial charge on any atom is -0.496 e. The summed E-state index contributed by atoms with van der Waals surface area (Å²) < 4.78 is 5.50. The molecule has 1 fully saturated rings. The molecule has 0 aliphatic heterocycles. The summed E-state index contributed by atoms with van der Waals surface area (Å²) in [6.07, 6.45) is 3.98. The number of hydrogen-bond donors (Lipinski definition) is 1. The Morgan fingerprint density at radius 1 is 1.35 bits per heavy atom. The fourth-order valence-electron chi connectivity index (χ4n) is 2.57. The van der Waals surface area contributed by atoms with Crippen molar-refractivity contribution in [2.45, 2.75) is 39.3 Å². The summed E-state index contributed by atoms with van der Waals surface area (Å²) in [6.45, 7) is 6.39. The zero-order chi connectivity index (χ0) is 14.4. The van der Waals surface area contributed by atoms with E-state index in [1.165, 1.54) is 36.9 Å². The van der Waals surface area contributed by atoms with Gasteiger partial charge in [-0.15, -0.1) is 0 Å². The minimum absolute atomic E-state index is 0.931. The van der Waals surface area contributed by atoms with Gasteiger partial charge in [-0.05, 0) is 56.5 Å². The first-order valence-corrected chi connectivity index (χ1v) is 7.78. The molecule has 3 heteroatoms. The van der Waals surface area contributed by atoms with Gasteiger partial charge in [0.05, 0.1) is 7.11 Å². The van der Waals surface area contributed by atoms with Crippen molar-refractivity contribution in [3.63, 3.8) is 0 Å². The summed E-state index contributed by atoms with van der Waals surface area (Å²) in [7, 11) is 3.97. The van der Waals surface area contributed by atoms with Gasteiger partial charge in [-0.25, -0.2) is 0 Å². The van der Waals surface area contributed by atoms with Crippen LogP contribution in [0.2, 0.25) is 0 Å². The van der Waals surface area contributed by atoms with Gasteiger partial charge in [0.15, 0.2) is 0 Å². The standard InChI is InChI=1S/C17H28N2O/c1-4-9-18-11-15-7-8-17(20-3)16(10-15)13-19(2)12-14-5-6-14/h7-8,10,14,18H,4-6,9,11-13H2,1-3H3. The Balaban J connectivity index is 1.97. The molecule has 1 aromatic carbocycles. The normalized spacial score (nSPS) is 14.8. The zero-order valence-electron chi connectivity index (χ0n) is 13.1. The lowest BCUT2D eigenvalue weighted by Crippen LogP contribution is -2.21. The van der Waals surface area contributed by atoms with Gasteiger partial charge in [0, 0.05) is 25.2 Å². The van der Waals surface area contributed by atoms with Crippen LogP contribution in [0.4, 0.5) is 0 Å². The van der Waals surface area contributed by atoms with Crippen molar-refractivity contribution in [2.24, 2.45) is 5.92 Å². The molecule has 0 unspecified atom stereocenters. The first-order valence-electron chi connectivity index (χ1n) is 7.78. The lowest BCUT2D eigenvalue weighted by Gasteiger charge is -2.19. The third-order valence-electron chi connectivity index (χ3n) is 3.81. The van der Waals surface area contributed by atoms with Crippen LogP contribution in [-0.4, -0.2) is 32.1 Å². The molecule has 2 rings (SSSR count). The number of rotatable bonds is 9. The quantitative estimate of drug-likeness (QED) is 0.702. The van der Waals surface area contributed by atoms with Crippen LogP contribution in [0.1, 0.15) is 37.3 Å². The molecule has 0 saturated heterocycles. The largest absolute Gasteiger partial charge is 0.496 e. The summed E-state index contributed by atoms with van der Waals surface area (Å²) in [4.78, 5) is 2.42. The molecular weight excluding hydrogens is 248 g/mol. The molecule has 20 heavy (non-hydrogen) atoms. The molecule has 1 aliphatic carbocycles. The monoisotopic (exact) mass is 276 g/mol. The van der Waals surface area contributed by atoms with Crippen LogP contribution in [0.5, 0.6) is 5.75 Å². The Hall–Kier alpha value is -1.06. The van der Waals surface area contributed by atoms with E-state index in [1.54, 1.807) is 7.11 Å². The topological polar surface area (TPSA) is 24.5 Å². The Bertz CT molecular complexity index is 415. The second kappa shape index (κ2) is 7.65. The molecule has 0 heterocycles. The summed E-state index contributed by atoms with van der Waals surface area (Å²) in [5, 5.41) is 3.46. The van der Waals surface area contributed by atoms with Gasteiger partial charge < -0.3 is 15.0 Å². The smallest absolute Gasteiger partial charge is 0.123 e. The van der Waals surface area contributed by atoms with E-state index in [0.717, 1.165) is 31.3 Å². The van der Waals surface area contributed by atoms with E-state index in [-0.39, 0.29) is 0 Å². The van der Waals surface area contributed by atoms with Gasteiger partial charge in [0.2, 0.25) is 0 Å². The summed E-state index contributed by atoms with van der Waals surface area (Å²) in [5.74, 6) is 1.94. The predicted octanol–water partition coefficient (Wildman–Crippen LogP) is 3.04. The highest BCUT2D eigenvalue weighted by molar-refractivity contribution is 5.37. The maximum atomic E-state index is 5.50. The number of methoxy groups -OCH3 is 1. The molecule has 0 aromatic heterocycles. The minimum atomic E-state index is 0.931. The fourth-order valence-corrected chi connectivity index (χ4v) is 2.57. The highest BCUT2D eigenvalue weighted by atomic mass is 16.5. The molecule has 0 spiro atoms. The van der Waals surface area contributed by atoms with E-state index in [4.69, 9.17) is 4.74 Å². The van der Waals surface area contributed by atoms with Gasteiger partial charge in [0.25, 0.3) is 0 Å². The van der Waals surface area contributed by atoms with E-state index in [1.807, 2.05) is 0 Å². The van der Waals surface area contributed by atoms with Crippen LogP contribution < -0.4 is 10.1 Å². The van der Waals surface area contributed by atoms with Crippen LogP contribution in [-0.2, 0) is 13.1 Å². The van der Waals surface area contributed by atoms with E-state index in [0.29, 0.717) is 0 Å². The van der Waals surface area contributed by atoms with E-state index < -0.39 is 0 Å². The first-order chi connectivity index (χ1) is 9.72. The Morgan fingerprint density at radius 2 is 2.15 bits per heavy atom. The van der Waals surface area contributed by atoms with Gasteiger partial charge in [-0.2, -0.15) is 0 Å². The Morgan fingerprint density at radius 3 is 2.80 bits per heavy atom. The third kappa shape index (κ3) is 4.80. The average molecular weight is 276 g/mol. The molecule has 1 N–H and O–H groups in total. The van der Waals surface area contributed by atoms with Crippen LogP contribution in [0, 0.1) is 5.92 Å². The van der Waals surface area contributed by atoms with Crippen molar-refractivity contribution in [3.8, 4) is 5.75 Å². The number of ether oxygens (including phenoxy) is 1. The van der Waals surface area contributed by atoms with Gasteiger partial charge in [-0.1, -0.05) is 13.0 Å². The molecule has 1 saturated carbocycles. The third-order valence-corrected chi connectivity index (χ3v) is 3.81. The Labute approximate surface area is 123 Å². The molecule has 0 bridgehead atoms. The molecule has 0 amide bonds. The molecule has 0 radical (unpaired) electrons.